The van der Waals surface area contributed by atoms with E-state index in [0.29, 0.717) is 24.6 Å². The Hall–Kier alpha value is -2.11. The van der Waals surface area contributed by atoms with Crippen molar-refractivity contribution in [2.24, 2.45) is 7.05 Å². The molecular weight excluding hydrogens is 282 g/mol. The summed E-state index contributed by atoms with van der Waals surface area (Å²) in [5.74, 6) is -0.178. The van der Waals surface area contributed by atoms with Crippen LogP contribution in [0.2, 0.25) is 0 Å². The molecule has 1 N–H and O–H groups in total. The van der Waals surface area contributed by atoms with Gasteiger partial charge in [-0.05, 0) is 32.3 Å². The minimum absolute atomic E-state index is 0.0907. The molecule has 0 aliphatic carbocycles. The number of aromatic nitrogens is 1. The summed E-state index contributed by atoms with van der Waals surface area (Å²) in [6.07, 6.45) is 5.08. The fraction of sp³-hybridized carbons (Fsp3) is 0.562. The molecule has 6 heteroatoms. The van der Waals surface area contributed by atoms with Crippen LogP contribution in [0.1, 0.15) is 43.0 Å². The summed E-state index contributed by atoms with van der Waals surface area (Å²) in [5, 5.41) is 2.73. The van der Waals surface area contributed by atoms with Gasteiger partial charge in [-0.3, -0.25) is 14.4 Å². The van der Waals surface area contributed by atoms with Gasteiger partial charge in [0.2, 0.25) is 11.5 Å². The molecule has 1 unspecified atom stereocenters. The quantitative estimate of drug-likeness (QED) is 0.898. The molecule has 0 saturated carbocycles. The lowest BCUT2D eigenvalue weighted by molar-refractivity contribution is -0.134. The molecule has 2 heterocycles. The van der Waals surface area contributed by atoms with Crippen molar-refractivity contribution >= 4 is 11.8 Å². The smallest absolute Gasteiger partial charge is 0.252 e. The van der Waals surface area contributed by atoms with E-state index in [9.17, 15) is 14.4 Å². The number of nitrogens with one attached hydrogen (secondary N) is 1. The zero-order valence-corrected chi connectivity index (χ0v) is 13.2. The zero-order chi connectivity index (χ0) is 16.1. The van der Waals surface area contributed by atoms with E-state index >= 15 is 0 Å². The van der Waals surface area contributed by atoms with E-state index < -0.39 is 0 Å². The zero-order valence-electron chi connectivity index (χ0n) is 13.2. The molecule has 120 valence electrons. The Balaban J connectivity index is 1.82. The molecule has 0 bridgehead atoms. The highest BCUT2D eigenvalue weighted by atomic mass is 16.2. The molecule has 1 aromatic rings. The minimum Gasteiger partial charge on any atom is -0.351 e. The average molecular weight is 305 g/mol. The number of carbonyl (C=O) groups is 2. The van der Waals surface area contributed by atoms with Gasteiger partial charge in [0.1, 0.15) is 0 Å². The average Bonchev–Trinajstić information content (AvgIpc) is 2.50. The van der Waals surface area contributed by atoms with E-state index in [4.69, 9.17) is 0 Å². The van der Waals surface area contributed by atoms with Crippen LogP contribution < -0.4 is 10.9 Å². The SMILES string of the molecule is CC1CCCCN1C(=O)CCNC(=O)c1ccc(=O)n(C)c1. The number of amides is 2. The van der Waals surface area contributed by atoms with E-state index in [1.54, 1.807) is 7.05 Å². The Morgan fingerprint density at radius 3 is 2.77 bits per heavy atom. The predicted octanol–water partition coefficient (Wildman–Crippen LogP) is 0.906. The van der Waals surface area contributed by atoms with Crippen LogP contribution in [0.5, 0.6) is 0 Å². The predicted molar refractivity (Wildman–Crippen MR) is 83.7 cm³/mol. The van der Waals surface area contributed by atoms with Crippen LogP contribution in [0.15, 0.2) is 23.1 Å². The topological polar surface area (TPSA) is 71.4 Å². The second-order valence-electron chi connectivity index (χ2n) is 5.80. The number of pyridine rings is 1. The Morgan fingerprint density at radius 1 is 1.32 bits per heavy atom. The molecule has 0 spiro atoms. The van der Waals surface area contributed by atoms with Crippen LogP contribution in [-0.2, 0) is 11.8 Å². The van der Waals surface area contributed by atoms with Crippen molar-refractivity contribution in [3.05, 3.63) is 34.2 Å². The van der Waals surface area contributed by atoms with Gasteiger partial charge in [-0.25, -0.2) is 0 Å². The van der Waals surface area contributed by atoms with Crippen molar-refractivity contribution in [3.8, 4) is 0 Å². The highest BCUT2D eigenvalue weighted by molar-refractivity contribution is 5.94. The third-order valence-electron chi connectivity index (χ3n) is 4.10. The minimum atomic E-state index is -0.268. The van der Waals surface area contributed by atoms with E-state index in [-0.39, 0.29) is 17.4 Å². The number of hydrogen-bond donors (Lipinski definition) is 1. The van der Waals surface area contributed by atoms with Gasteiger partial charge in [0.05, 0.1) is 5.56 Å². The van der Waals surface area contributed by atoms with Crippen molar-refractivity contribution in [2.75, 3.05) is 13.1 Å². The molecular formula is C16H23N3O3. The summed E-state index contributed by atoms with van der Waals surface area (Å²) in [4.78, 5) is 37.3. The fourth-order valence-electron chi connectivity index (χ4n) is 2.73. The number of likely N-dealkylation sites (tertiary alicyclic amines) is 1. The van der Waals surface area contributed by atoms with Crippen LogP contribution in [0.3, 0.4) is 0 Å². The maximum Gasteiger partial charge on any atom is 0.252 e. The molecule has 22 heavy (non-hydrogen) atoms. The molecule has 1 aliphatic heterocycles. The molecule has 1 aliphatic rings. The number of rotatable bonds is 4. The van der Waals surface area contributed by atoms with Gasteiger partial charge in [0.25, 0.3) is 5.91 Å². The third-order valence-corrected chi connectivity index (χ3v) is 4.10. The molecule has 0 aromatic carbocycles. The summed E-state index contributed by atoms with van der Waals surface area (Å²) < 4.78 is 1.36. The van der Waals surface area contributed by atoms with Gasteiger partial charge in [0, 0.05) is 44.9 Å². The van der Waals surface area contributed by atoms with Crippen LogP contribution in [0.25, 0.3) is 0 Å². The number of carbonyl (C=O) groups excluding carboxylic acids is 2. The lowest BCUT2D eigenvalue weighted by Gasteiger charge is -2.33. The van der Waals surface area contributed by atoms with Gasteiger partial charge in [0.15, 0.2) is 0 Å². The van der Waals surface area contributed by atoms with Crippen molar-refractivity contribution in [1.29, 1.82) is 0 Å². The first kappa shape index (κ1) is 16.3. The molecule has 1 fully saturated rings. The van der Waals surface area contributed by atoms with Crippen LogP contribution in [0.4, 0.5) is 0 Å². The summed E-state index contributed by atoms with van der Waals surface area (Å²) in [7, 11) is 1.60. The first-order valence-corrected chi connectivity index (χ1v) is 7.73. The standard InChI is InChI=1S/C16H23N3O3/c1-12-5-3-4-10-19(12)15(21)8-9-17-16(22)13-6-7-14(20)18(2)11-13/h6-7,11-12H,3-5,8-10H2,1-2H3,(H,17,22). The first-order chi connectivity index (χ1) is 10.5. The number of aryl methyl sites for hydroxylation is 1. The second-order valence-corrected chi connectivity index (χ2v) is 5.80. The molecule has 0 radical (unpaired) electrons. The highest BCUT2D eigenvalue weighted by Gasteiger charge is 2.22. The van der Waals surface area contributed by atoms with Crippen LogP contribution >= 0.6 is 0 Å². The second kappa shape index (κ2) is 7.24. The van der Waals surface area contributed by atoms with Gasteiger partial charge in [-0.1, -0.05) is 0 Å². The summed E-state index contributed by atoms with van der Waals surface area (Å²) >= 11 is 0. The van der Waals surface area contributed by atoms with E-state index in [2.05, 4.69) is 12.2 Å². The molecule has 2 amide bonds. The summed E-state index contributed by atoms with van der Waals surface area (Å²) in [6.45, 7) is 3.19. The number of hydrogen-bond acceptors (Lipinski definition) is 3. The lowest BCUT2D eigenvalue weighted by atomic mass is 10.0. The molecule has 1 aromatic heterocycles. The van der Waals surface area contributed by atoms with E-state index in [0.717, 1.165) is 19.4 Å². The van der Waals surface area contributed by atoms with Crippen molar-refractivity contribution in [3.63, 3.8) is 0 Å². The number of nitrogens with zero attached hydrogens (tertiary/aromatic N) is 2. The number of piperidine rings is 1. The summed E-state index contributed by atoms with van der Waals surface area (Å²) in [5.41, 5.74) is 0.256. The van der Waals surface area contributed by atoms with Crippen molar-refractivity contribution < 1.29 is 9.59 Å². The largest absolute Gasteiger partial charge is 0.351 e. The van der Waals surface area contributed by atoms with Crippen LogP contribution in [0, 0.1) is 0 Å². The maximum atomic E-state index is 12.2. The van der Waals surface area contributed by atoms with Gasteiger partial charge in [-0.2, -0.15) is 0 Å². The molecule has 1 saturated heterocycles. The monoisotopic (exact) mass is 305 g/mol. The van der Waals surface area contributed by atoms with Crippen LogP contribution in [-0.4, -0.2) is 40.4 Å². The fourth-order valence-corrected chi connectivity index (χ4v) is 2.73. The van der Waals surface area contributed by atoms with Crippen molar-refractivity contribution in [1.82, 2.24) is 14.8 Å². The molecule has 1 atom stereocenters. The van der Waals surface area contributed by atoms with E-state index in [1.807, 2.05) is 4.90 Å². The van der Waals surface area contributed by atoms with Gasteiger partial charge >= 0.3 is 0 Å². The Bertz CT molecular complexity index is 609. The van der Waals surface area contributed by atoms with E-state index in [1.165, 1.54) is 29.3 Å². The Labute approximate surface area is 130 Å². The van der Waals surface area contributed by atoms with Gasteiger partial charge in [-0.15, -0.1) is 0 Å². The Morgan fingerprint density at radius 2 is 2.09 bits per heavy atom. The normalized spacial score (nSPS) is 18.1. The summed E-state index contributed by atoms with van der Waals surface area (Å²) in [6, 6.07) is 3.14. The molecule has 6 nitrogen and oxygen atoms in total. The molecule has 2 rings (SSSR count). The van der Waals surface area contributed by atoms with Crippen molar-refractivity contribution in [2.45, 2.75) is 38.6 Å². The first-order valence-electron chi connectivity index (χ1n) is 7.73. The third kappa shape index (κ3) is 3.96. The van der Waals surface area contributed by atoms with Gasteiger partial charge < -0.3 is 14.8 Å². The highest BCUT2D eigenvalue weighted by Crippen LogP contribution is 2.16. The lowest BCUT2D eigenvalue weighted by Crippen LogP contribution is -2.43. The maximum absolute atomic E-state index is 12.2. The Kier molecular flexibility index (Phi) is 5.35.